The summed E-state index contributed by atoms with van der Waals surface area (Å²) in [5, 5.41) is 10.2. The zero-order chi connectivity index (χ0) is 17.5. The molecule has 0 unspecified atom stereocenters. The van der Waals surface area contributed by atoms with Crippen molar-refractivity contribution >= 4 is 11.7 Å². The van der Waals surface area contributed by atoms with E-state index >= 15 is 0 Å². The van der Waals surface area contributed by atoms with E-state index in [9.17, 15) is 4.79 Å². The minimum atomic E-state index is -0.616. The number of hydrogen-bond donors (Lipinski definition) is 5. The van der Waals surface area contributed by atoms with E-state index in [2.05, 4.69) is 5.32 Å². The molecule has 0 radical (unpaired) electrons. The van der Waals surface area contributed by atoms with E-state index in [4.69, 9.17) is 22.6 Å². The standard InChI is InChI=1S/C18H23N5O/c19-10-14-3-1-2-13(8-14)9-16(20)18(24)23-11-12-4-6-15(7-5-12)17(21)22/h1-8,16H,9-11,19-20H2,(H3,21,22)(H,23,24)/t16-/m0/s1. The Bertz CT molecular complexity index is 712. The lowest BCUT2D eigenvalue weighted by molar-refractivity contribution is -0.122. The van der Waals surface area contributed by atoms with E-state index in [0.717, 1.165) is 16.7 Å². The Morgan fingerprint density at radius 2 is 1.75 bits per heavy atom. The van der Waals surface area contributed by atoms with Crippen LogP contribution in [-0.4, -0.2) is 17.8 Å². The number of nitrogens with two attached hydrogens (primary N) is 3. The average molecular weight is 325 g/mol. The van der Waals surface area contributed by atoms with Gasteiger partial charge in [-0.25, -0.2) is 0 Å². The molecule has 0 aliphatic rings. The zero-order valence-electron chi connectivity index (χ0n) is 13.5. The van der Waals surface area contributed by atoms with Crippen molar-refractivity contribution < 1.29 is 4.79 Å². The van der Waals surface area contributed by atoms with Gasteiger partial charge in [0.2, 0.25) is 5.91 Å². The number of nitrogens with one attached hydrogen (secondary N) is 2. The van der Waals surface area contributed by atoms with Crippen LogP contribution in [0.15, 0.2) is 48.5 Å². The lowest BCUT2D eigenvalue weighted by Crippen LogP contribution is -2.41. The quantitative estimate of drug-likeness (QED) is 0.377. The normalized spacial score (nSPS) is 11.8. The first kappa shape index (κ1) is 17.7. The van der Waals surface area contributed by atoms with E-state index in [-0.39, 0.29) is 11.7 Å². The number of carbonyl (C=O) groups excluding carboxylic acids is 1. The fourth-order valence-corrected chi connectivity index (χ4v) is 2.35. The van der Waals surface area contributed by atoms with Crippen LogP contribution in [0.4, 0.5) is 0 Å². The molecule has 1 atom stereocenters. The Labute approximate surface area is 141 Å². The molecule has 126 valence electrons. The van der Waals surface area contributed by atoms with Gasteiger partial charge in [0, 0.05) is 18.7 Å². The summed E-state index contributed by atoms with van der Waals surface area (Å²) in [5.74, 6) is -0.184. The van der Waals surface area contributed by atoms with Gasteiger partial charge in [-0.1, -0.05) is 48.5 Å². The largest absolute Gasteiger partial charge is 0.384 e. The molecule has 1 amide bonds. The highest BCUT2D eigenvalue weighted by Gasteiger charge is 2.14. The highest BCUT2D eigenvalue weighted by atomic mass is 16.2. The second kappa shape index (κ2) is 8.24. The first-order chi connectivity index (χ1) is 11.5. The summed E-state index contributed by atoms with van der Waals surface area (Å²) < 4.78 is 0. The molecule has 0 bridgehead atoms. The van der Waals surface area contributed by atoms with Gasteiger partial charge in [0.1, 0.15) is 5.84 Å². The van der Waals surface area contributed by atoms with Crippen molar-refractivity contribution in [1.29, 1.82) is 5.41 Å². The number of nitrogen functional groups attached to an aromatic ring is 1. The maximum Gasteiger partial charge on any atom is 0.237 e. The Morgan fingerprint density at radius 1 is 1.08 bits per heavy atom. The molecule has 0 spiro atoms. The van der Waals surface area contributed by atoms with Gasteiger partial charge in [-0.3, -0.25) is 10.2 Å². The zero-order valence-corrected chi connectivity index (χ0v) is 13.5. The number of benzene rings is 2. The molecule has 0 saturated carbocycles. The van der Waals surface area contributed by atoms with Crippen LogP contribution in [0.5, 0.6) is 0 Å². The Hall–Kier alpha value is -2.70. The Kier molecular flexibility index (Phi) is 6.06. The second-order valence-corrected chi connectivity index (χ2v) is 5.66. The van der Waals surface area contributed by atoms with Crippen LogP contribution in [0.3, 0.4) is 0 Å². The fraction of sp³-hybridized carbons (Fsp3) is 0.222. The van der Waals surface area contributed by atoms with Crippen LogP contribution in [-0.2, 0) is 24.3 Å². The fourth-order valence-electron chi connectivity index (χ4n) is 2.35. The molecule has 24 heavy (non-hydrogen) atoms. The summed E-state index contributed by atoms with van der Waals surface area (Å²) in [6, 6.07) is 14.3. The first-order valence-corrected chi connectivity index (χ1v) is 7.74. The smallest absolute Gasteiger partial charge is 0.237 e. The highest BCUT2D eigenvalue weighted by molar-refractivity contribution is 5.94. The lowest BCUT2D eigenvalue weighted by Gasteiger charge is -2.13. The van der Waals surface area contributed by atoms with Crippen molar-refractivity contribution in [3.63, 3.8) is 0 Å². The van der Waals surface area contributed by atoms with Crippen LogP contribution in [0, 0.1) is 5.41 Å². The van der Waals surface area contributed by atoms with Crippen molar-refractivity contribution in [2.45, 2.75) is 25.6 Å². The molecule has 8 N–H and O–H groups in total. The van der Waals surface area contributed by atoms with Crippen molar-refractivity contribution in [3.8, 4) is 0 Å². The lowest BCUT2D eigenvalue weighted by atomic mass is 10.0. The van der Waals surface area contributed by atoms with E-state index in [1.165, 1.54) is 0 Å². The molecule has 6 nitrogen and oxygen atoms in total. The molecule has 0 saturated heterocycles. The van der Waals surface area contributed by atoms with E-state index in [1.807, 2.05) is 36.4 Å². The summed E-state index contributed by atoms with van der Waals surface area (Å²) in [4.78, 5) is 12.1. The molecule has 0 aliphatic heterocycles. The molecule has 2 aromatic carbocycles. The predicted octanol–water partition coefficient (Wildman–Crippen LogP) is 0.616. The molecule has 0 aromatic heterocycles. The summed E-state index contributed by atoms with van der Waals surface area (Å²) in [7, 11) is 0. The topological polar surface area (TPSA) is 131 Å². The average Bonchev–Trinajstić information content (AvgIpc) is 2.60. The molecule has 2 rings (SSSR count). The third-order valence-electron chi connectivity index (χ3n) is 3.75. The van der Waals surface area contributed by atoms with Gasteiger partial charge in [-0.15, -0.1) is 0 Å². The maximum absolute atomic E-state index is 12.1. The number of amides is 1. The summed E-state index contributed by atoms with van der Waals surface area (Å²) >= 11 is 0. The molecular weight excluding hydrogens is 302 g/mol. The molecule has 0 fully saturated rings. The number of hydrogen-bond acceptors (Lipinski definition) is 4. The van der Waals surface area contributed by atoms with Crippen LogP contribution in [0.1, 0.15) is 22.3 Å². The second-order valence-electron chi connectivity index (χ2n) is 5.66. The number of rotatable bonds is 7. The first-order valence-electron chi connectivity index (χ1n) is 7.74. The van der Waals surface area contributed by atoms with Crippen LogP contribution in [0.25, 0.3) is 0 Å². The minimum absolute atomic E-state index is 0.0207. The maximum atomic E-state index is 12.1. The van der Waals surface area contributed by atoms with E-state index in [1.54, 1.807) is 12.1 Å². The van der Waals surface area contributed by atoms with Gasteiger partial charge >= 0.3 is 0 Å². The monoisotopic (exact) mass is 325 g/mol. The van der Waals surface area contributed by atoms with Gasteiger partial charge in [0.05, 0.1) is 6.04 Å². The highest BCUT2D eigenvalue weighted by Crippen LogP contribution is 2.07. The Balaban J connectivity index is 1.88. The van der Waals surface area contributed by atoms with Gasteiger partial charge in [0.25, 0.3) is 0 Å². The molecule has 0 heterocycles. The molecular formula is C18H23N5O. The van der Waals surface area contributed by atoms with E-state index < -0.39 is 6.04 Å². The molecule has 6 heteroatoms. The number of amidine groups is 1. The summed E-state index contributed by atoms with van der Waals surface area (Å²) in [6.45, 7) is 0.846. The van der Waals surface area contributed by atoms with Gasteiger partial charge < -0.3 is 22.5 Å². The van der Waals surface area contributed by atoms with Crippen molar-refractivity contribution in [1.82, 2.24) is 5.32 Å². The molecule has 2 aromatic rings. The third-order valence-corrected chi connectivity index (χ3v) is 3.75. The minimum Gasteiger partial charge on any atom is -0.384 e. The van der Waals surface area contributed by atoms with Gasteiger partial charge in [0.15, 0.2) is 0 Å². The molecule has 0 aliphatic carbocycles. The summed E-state index contributed by atoms with van der Waals surface area (Å²) in [5.41, 5.74) is 20.6. The third kappa shape index (κ3) is 4.91. The van der Waals surface area contributed by atoms with Crippen LogP contribution >= 0.6 is 0 Å². The van der Waals surface area contributed by atoms with Gasteiger partial charge in [-0.05, 0) is 23.1 Å². The van der Waals surface area contributed by atoms with Crippen molar-refractivity contribution in [2.75, 3.05) is 0 Å². The van der Waals surface area contributed by atoms with Crippen LogP contribution < -0.4 is 22.5 Å². The Morgan fingerprint density at radius 3 is 2.38 bits per heavy atom. The number of carbonyl (C=O) groups is 1. The summed E-state index contributed by atoms with van der Waals surface area (Å²) in [6.07, 6.45) is 0.461. The predicted molar refractivity (Wildman–Crippen MR) is 95.3 cm³/mol. The van der Waals surface area contributed by atoms with E-state index in [0.29, 0.717) is 25.1 Å². The van der Waals surface area contributed by atoms with Crippen molar-refractivity contribution in [3.05, 3.63) is 70.8 Å². The van der Waals surface area contributed by atoms with Gasteiger partial charge in [-0.2, -0.15) is 0 Å². The SMILES string of the molecule is N=C(N)c1ccc(CNC(=O)[C@@H](N)Cc2cccc(CN)c2)cc1. The van der Waals surface area contributed by atoms with Crippen molar-refractivity contribution in [2.24, 2.45) is 17.2 Å². The van der Waals surface area contributed by atoms with Crippen LogP contribution in [0.2, 0.25) is 0 Å².